The maximum atomic E-state index is 4.22. The number of benzene rings is 1. The molecule has 0 spiro atoms. The van der Waals surface area contributed by atoms with Gasteiger partial charge in [0.25, 0.3) is 0 Å². The summed E-state index contributed by atoms with van der Waals surface area (Å²) in [4.78, 5) is 2.60. The highest BCUT2D eigenvalue weighted by molar-refractivity contribution is 5.36. The lowest BCUT2D eigenvalue weighted by molar-refractivity contribution is 0.193. The molecule has 0 bridgehead atoms. The molecule has 0 fully saturated rings. The Morgan fingerprint density at radius 1 is 1.30 bits per heavy atom. The molecule has 1 aromatic carbocycles. The minimum absolute atomic E-state index is 0.486. The third kappa shape index (κ3) is 3.40. The second kappa shape index (κ2) is 6.41. The Morgan fingerprint density at radius 2 is 2.05 bits per heavy atom. The SMILES string of the molecule is C=C(C)CCC(C(=C)C)N1CCc2cccc(C)c2C1. The first-order valence-corrected chi connectivity index (χ1v) is 7.60. The maximum Gasteiger partial charge on any atom is 0.0308 e. The van der Waals surface area contributed by atoms with Gasteiger partial charge < -0.3 is 0 Å². The third-order valence-electron chi connectivity index (χ3n) is 4.39. The number of nitrogens with zero attached hydrogens (tertiary/aromatic N) is 1. The van der Waals surface area contributed by atoms with Crippen molar-refractivity contribution in [3.05, 3.63) is 59.2 Å². The van der Waals surface area contributed by atoms with Crippen molar-refractivity contribution < 1.29 is 0 Å². The minimum atomic E-state index is 0.486. The number of aryl methyl sites for hydroxylation is 1. The Labute approximate surface area is 124 Å². The van der Waals surface area contributed by atoms with E-state index in [2.05, 4.69) is 57.0 Å². The van der Waals surface area contributed by atoms with Crippen LogP contribution >= 0.6 is 0 Å². The van der Waals surface area contributed by atoms with E-state index in [1.165, 1.54) is 27.8 Å². The van der Waals surface area contributed by atoms with Crippen LogP contribution in [-0.2, 0) is 13.0 Å². The quantitative estimate of drug-likeness (QED) is 0.703. The van der Waals surface area contributed by atoms with Gasteiger partial charge in [0.05, 0.1) is 0 Å². The zero-order chi connectivity index (χ0) is 14.7. The zero-order valence-electron chi connectivity index (χ0n) is 13.2. The standard InChI is InChI=1S/C19H27N/c1-14(2)9-10-19(15(3)4)20-12-11-17-8-6-7-16(5)18(17)13-20/h6-8,19H,1,3,9-13H2,2,4-5H3. The molecule has 1 heteroatoms. The smallest absolute Gasteiger partial charge is 0.0308 e. The number of allylic oxidation sites excluding steroid dienone is 1. The van der Waals surface area contributed by atoms with Crippen molar-refractivity contribution >= 4 is 0 Å². The van der Waals surface area contributed by atoms with E-state index in [1.54, 1.807) is 0 Å². The summed E-state index contributed by atoms with van der Waals surface area (Å²) in [5, 5.41) is 0. The molecule has 0 saturated carbocycles. The number of hydrogen-bond acceptors (Lipinski definition) is 1. The Hall–Kier alpha value is -1.34. The molecule has 0 N–H and O–H groups in total. The highest BCUT2D eigenvalue weighted by atomic mass is 15.2. The molecule has 1 nitrogen and oxygen atoms in total. The first-order chi connectivity index (χ1) is 9.49. The van der Waals surface area contributed by atoms with Gasteiger partial charge in [-0.05, 0) is 56.7 Å². The van der Waals surface area contributed by atoms with Crippen LogP contribution in [0.5, 0.6) is 0 Å². The lowest BCUT2D eigenvalue weighted by atomic mass is 9.92. The van der Waals surface area contributed by atoms with E-state index in [4.69, 9.17) is 0 Å². The van der Waals surface area contributed by atoms with Crippen LogP contribution in [0, 0.1) is 6.92 Å². The van der Waals surface area contributed by atoms with E-state index >= 15 is 0 Å². The summed E-state index contributed by atoms with van der Waals surface area (Å²) < 4.78 is 0. The van der Waals surface area contributed by atoms with Crippen LogP contribution in [0.1, 0.15) is 43.4 Å². The zero-order valence-corrected chi connectivity index (χ0v) is 13.2. The molecule has 108 valence electrons. The molecular weight excluding hydrogens is 242 g/mol. The minimum Gasteiger partial charge on any atom is -0.292 e. The molecule has 1 unspecified atom stereocenters. The summed E-state index contributed by atoms with van der Waals surface area (Å²) >= 11 is 0. The van der Waals surface area contributed by atoms with Crippen molar-refractivity contribution in [1.82, 2.24) is 4.90 Å². The predicted octanol–water partition coefficient (Wildman–Crippen LogP) is 4.65. The summed E-state index contributed by atoms with van der Waals surface area (Å²) in [6.45, 7) is 17.0. The molecule has 1 heterocycles. The van der Waals surface area contributed by atoms with Crippen molar-refractivity contribution in [3.8, 4) is 0 Å². The molecule has 0 saturated heterocycles. The second-order valence-electron chi connectivity index (χ2n) is 6.29. The molecule has 2 rings (SSSR count). The van der Waals surface area contributed by atoms with Crippen LogP contribution < -0.4 is 0 Å². The lowest BCUT2D eigenvalue weighted by Gasteiger charge is -2.37. The lowest BCUT2D eigenvalue weighted by Crippen LogP contribution is -2.40. The van der Waals surface area contributed by atoms with Gasteiger partial charge in [0, 0.05) is 19.1 Å². The fourth-order valence-corrected chi connectivity index (χ4v) is 3.16. The molecular formula is C19H27N. The van der Waals surface area contributed by atoms with Crippen molar-refractivity contribution in [3.63, 3.8) is 0 Å². The second-order valence-corrected chi connectivity index (χ2v) is 6.29. The van der Waals surface area contributed by atoms with Gasteiger partial charge in [-0.1, -0.05) is 35.9 Å². The van der Waals surface area contributed by atoms with Gasteiger partial charge in [0.1, 0.15) is 0 Å². The van der Waals surface area contributed by atoms with Gasteiger partial charge in [0.2, 0.25) is 0 Å². The predicted molar refractivity (Wildman–Crippen MR) is 87.9 cm³/mol. The van der Waals surface area contributed by atoms with Crippen molar-refractivity contribution in [2.24, 2.45) is 0 Å². The molecule has 1 aromatic rings. The van der Waals surface area contributed by atoms with Gasteiger partial charge in [-0.15, -0.1) is 6.58 Å². The Balaban J connectivity index is 2.14. The van der Waals surface area contributed by atoms with Crippen LogP contribution in [-0.4, -0.2) is 17.5 Å². The molecule has 1 aliphatic rings. The highest BCUT2D eigenvalue weighted by Gasteiger charge is 2.24. The molecule has 0 amide bonds. The van der Waals surface area contributed by atoms with E-state index < -0.39 is 0 Å². The van der Waals surface area contributed by atoms with Gasteiger partial charge in [0.15, 0.2) is 0 Å². The summed E-state index contributed by atoms with van der Waals surface area (Å²) in [6.07, 6.45) is 3.40. The normalized spacial score (nSPS) is 16.6. The van der Waals surface area contributed by atoms with Crippen LogP contribution in [0.4, 0.5) is 0 Å². The molecule has 0 radical (unpaired) electrons. The summed E-state index contributed by atoms with van der Waals surface area (Å²) in [5.74, 6) is 0. The van der Waals surface area contributed by atoms with E-state index in [0.29, 0.717) is 6.04 Å². The van der Waals surface area contributed by atoms with E-state index in [-0.39, 0.29) is 0 Å². The summed E-state index contributed by atoms with van der Waals surface area (Å²) in [7, 11) is 0. The Morgan fingerprint density at radius 3 is 2.70 bits per heavy atom. The highest BCUT2D eigenvalue weighted by Crippen LogP contribution is 2.27. The average molecular weight is 269 g/mol. The number of hydrogen-bond donors (Lipinski definition) is 0. The maximum absolute atomic E-state index is 4.22. The summed E-state index contributed by atoms with van der Waals surface area (Å²) in [5.41, 5.74) is 7.03. The molecule has 20 heavy (non-hydrogen) atoms. The van der Waals surface area contributed by atoms with Crippen molar-refractivity contribution in [2.45, 2.75) is 52.6 Å². The Bertz CT molecular complexity index is 512. The van der Waals surface area contributed by atoms with Crippen molar-refractivity contribution in [2.75, 3.05) is 6.54 Å². The van der Waals surface area contributed by atoms with Gasteiger partial charge in [-0.3, -0.25) is 4.90 Å². The average Bonchev–Trinajstić information content (AvgIpc) is 2.39. The van der Waals surface area contributed by atoms with Crippen LogP contribution in [0.3, 0.4) is 0 Å². The first-order valence-electron chi connectivity index (χ1n) is 7.60. The fourth-order valence-electron chi connectivity index (χ4n) is 3.16. The Kier molecular flexibility index (Phi) is 4.82. The third-order valence-corrected chi connectivity index (χ3v) is 4.39. The molecule has 0 aromatic heterocycles. The van der Waals surface area contributed by atoms with E-state index in [0.717, 1.165) is 32.4 Å². The fraction of sp³-hybridized carbons (Fsp3) is 0.474. The molecule has 1 aliphatic heterocycles. The van der Waals surface area contributed by atoms with Gasteiger partial charge in [-0.25, -0.2) is 0 Å². The topological polar surface area (TPSA) is 3.24 Å². The monoisotopic (exact) mass is 269 g/mol. The van der Waals surface area contributed by atoms with E-state index in [1.807, 2.05) is 0 Å². The van der Waals surface area contributed by atoms with Gasteiger partial charge in [-0.2, -0.15) is 0 Å². The molecule has 1 atom stereocenters. The van der Waals surface area contributed by atoms with E-state index in [9.17, 15) is 0 Å². The largest absolute Gasteiger partial charge is 0.292 e. The van der Waals surface area contributed by atoms with Crippen molar-refractivity contribution in [1.29, 1.82) is 0 Å². The summed E-state index contributed by atoms with van der Waals surface area (Å²) in [6, 6.07) is 7.18. The molecule has 0 aliphatic carbocycles. The van der Waals surface area contributed by atoms with Crippen LogP contribution in [0.15, 0.2) is 42.5 Å². The van der Waals surface area contributed by atoms with Crippen LogP contribution in [0.25, 0.3) is 0 Å². The van der Waals surface area contributed by atoms with Crippen LogP contribution in [0.2, 0.25) is 0 Å². The number of fused-ring (bicyclic) bond motifs is 1. The van der Waals surface area contributed by atoms with Gasteiger partial charge >= 0.3 is 0 Å². The number of rotatable bonds is 5. The first kappa shape index (κ1) is 15.1.